The molecule has 0 bridgehead atoms. The van der Waals surface area contributed by atoms with Crippen molar-refractivity contribution in [2.75, 3.05) is 6.26 Å². The zero-order valence-corrected chi connectivity index (χ0v) is 11.3. The van der Waals surface area contributed by atoms with Gasteiger partial charge in [-0.2, -0.15) is 0 Å². The van der Waals surface area contributed by atoms with Crippen molar-refractivity contribution in [1.29, 1.82) is 0 Å². The molecule has 0 unspecified atom stereocenters. The van der Waals surface area contributed by atoms with Crippen LogP contribution in [0.4, 0.5) is 0 Å². The van der Waals surface area contributed by atoms with Crippen LogP contribution < -0.4 is 0 Å². The molecule has 0 spiro atoms. The molecule has 0 amide bonds. The second kappa shape index (κ2) is 5.89. The van der Waals surface area contributed by atoms with E-state index in [0.29, 0.717) is 5.56 Å². The lowest BCUT2D eigenvalue weighted by Gasteiger charge is -2.09. The van der Waals surface area contributed by atoms with Gasteiger partial charge in [-0.15, -0.1) is 11.8 Å². The Morgan fingerprint density at radius 2 is 2.06 bits per heavy atom. The lowest BCUT2D eigenvalue weighted by molar-refractivity contribution is 0.563. The zero-order chi connectivity index (χ0) is 13.0. The first kappa shape index (κ1) is 12.9. The summed E-state index contributed by atoms with van der Waals surface area (Å²) >= 11 is 6.81. The second-order valence-corrected chi connectivity index (χ2v) is 5.02. The van der Waals surface area contributed by atoms with Crippen LogP contribution in [0.3, 0.4) is 0 Å². The standard InChI is InChI=1S/C14H10NOS2/c1-18-14(17)12-7-4-8-15-13(12)11-6-3-2-5-10(11)9-16/h2-8H,1H3. The van der Waals surface area contributed by atoms with Crippen LogP contribution in [0.5, 0.6) is 0 Å². The maximum Gasteiger partial charge on any atom is 0.234 e. The maximum absolute atomic E-state index is 11.0. The van der Waals surface area contributed by atoms with Crippen molar-refractivity contribution in [2.45, 2.75) is 0 Å². The summed E-state index contributed by atoms with van der Waals surface area (Å²) in [6, 6.07) is 11.0. The van der Waals surface area contributed by atoms with E-state index >= 15 is 0 Å². The highest BCUT2D eigenvalue weighted by atomic mass is 32.2. The molecule has 0 aliphatic carbocycles. The quantitative estimate of drug-likeness (QED) is 0.802. The molecular formula is C14H10NOS2. The number of carbonyl (C=O) groups excluding carboxylic acids is 1. The molecule has 0 atom stereocenters. The number of rotatable bonds is 3. The van der Waals surface area contributed by atoms with Crippen molar-refractivity contribution >= 4 is 34.5 Å². The van der Waals surface area contributed by atoms with E-state index in [1.807, 2.05) is 36.8 Å². The van der Waals surface area contributed by atoms with Crippen molar-refractivity contribution in [2.24, 2.45) is 0 Å². The molecule has 2 nitrogen and oxygen atoms in total. The summed E-state index contributed by atoms with van der Waals surface area (Å²) in [5, 5.41) is 0. The molecular weight excluding hydrogens is 262 g/mol. The zero-order valence-electron chi connectivity index (χ0n) is 9.71. The monoisotopic (exact) mass is 272 g/mol. The third kappa shape index (κ3) is 2.49. The lowest BCUT2D eigenvalue weighted by Crippen LogP contribution is -1.99. The van der Waals surface area contributed by atoms with Gasteiger partial charge in [-0.3, -0.25) is 9.78 Å². The largest absolute Gasteiger partial charge is 0.285 e. The first-order valence-electron chi connectivity index (χ1n) is 5.29. The maximum atomic E-state index is 11.0. The first-order valence-corrected chi connectivity index (χ1v) is 6.92. The minimum Gasteiger partial charge on any atom is -0.285 e. The van der Waals surface area contributed by atoms with E-state index < -0.39 is 0 Å². The van der Waals surface area contributed by atoms with Gasteiger partial charge in [-0.05, 0) is 18.4 Å². The lowest BCUT2D eigenvalue weighted by atomic mass is 10.0. The summed E-state index contributed by atoms with van der Waals surface area (Å²) in [7, 11) is 0. The van der Waals surface area contributed by atoms with Gasteiger partial charge < -0.3 is 0 Å². The van der Waals surface area contributed by atoms with Crippen molar-refractivity contribution in [3.05, 3.63) is 53.7 Å². The van der Waals surface area contributed by atoms with Crippen LogP contribution in [-0.2, 0) is 4.79 Å². The van der Waals surface area contributed by atoms with Crippen molar-refractivity contribution in [3.8, 4) is 11.3 Å². The molecule has 0 saturated heterocycles. The van der Waals surface area contributed by atoms with Gasteiger partial charge >= 0.3 is 0 Å². The molecule has 2 rings (SSSR count). The molecule has 89 valence electrons. The Balaban J connectivity index is 2.64. The van der Waals surface area contributed by atoms with Gasteiger partial charge in [-0.25, -0.2) is 0 Å². The van der Waals surface area contributed by atoms with Crippen molar-refractivity contribution in [1.82, 2.24) is 4.98 Å². The van der Waals surface area contributed by atoms with Crippen LogP contribution in [0, 0.1) is 0 Å². The van der Waals surface area contributed by atoms with Gasteiger partial charge in [0, 0.05) is 22.9 Å². The predicted octanol–water partition coefficient (Wildman–Crippen LogP) is 3.24. The summed E-state index contributed by atoms with van der Waals surface area (Å²) in [6.07, 6.45) is 5.56. The summed E-state index contributed by atoms with van der Waals surface area (Å²) < 4.78 is 0.763. The van der Waals surface area contributed by atoms with E-state index in [1.165, 1.54) is 11.8 Å². The average molecular weight is 272 g/mol. The molecule has 0 fully saturated rings. The molecule has 4 heteroatoms. The summed E-state index contributed by atoms with van der Waals surface area (Å²) in [5.74, 6) is 0. The highest BCUT2D eigenvalue weighted by Gasteiger charge is 2.12. The van der Waals surface area contributed by atoms with Crippen LogP contribution in [0.15, 0.2) is 42.6 Å². The number of nitrogens with zero attached hydrogens (tertiary/aromatic N) is 1. The second-order valence-electron chi connectivity index (χ2n) is 3.54. The molecule has 1 radical (unpaired) electrons. The van der Waals surface area contributed by atoms with Crippen LogP contribution in [0.1, 0.15) is 11.1 Å². The van der Waals surface area contributed by atoms with E-state index in [9.17, 15) is 4.79 Å². The van der Waals surface area contributed by atoms with Gasteiger partial charge in [-0.1, -0.05) is 36.5 Å². The molecule has 0 N–H and O–H groups in total. The Morgan fingerprint density at radius 1 is 1.28 bits per heavy atom. The number of hydrogen-bond donors (Lipinski definition) is 0. The number of aromatic nitrogens is 1. The third-order valence-corrected chi connectivity index (χ3v) is 3.82. The highest BCUT2D eigenvalue weighted by molar-refractivity contribution is 8.23. The summed E-state index contributed by atoms with van der Waals surface area (Å²) in [6.45, 7) is 0. The Bertz CT molecular complexity index is 596. The minimum absolute atomic E-state index is 0.501. The van der Waals surface area contributed by atoms with E-state index in [2.05, 4.69) is 4.98 Å². The average Bonchev–Trinajstić information content (AvgIpc) is 2.46. The molecule has 1 aromatic carbocycles. The molecule has 1 aromatic heterocycles. The minimum atomic E-state index is 0.501. The van der Waals surface area contributed by atoms with Crippen LogP contribution in [0.2, 0.25) is 0 Å². The number of thiocarbonyl (C=S) groups is 1. The van der Waals surface area contributed by atoms with Gasteiger partial charge in [0.1, 0.15) is 0 Å². The summed E-state index contributed by atoms with van der Waals surface area (Å²) in [5.41, 5.74) is 2.87. The van der Waals surface area contributed by atoms with E-state index in [4.69, 9.17) is 12.2 Å². The number of thioether (sulfide) groups is 1. The Labute approximate surface area is 115 Å². The fraction of sp³-hybridized carbons (Fsp3) is 0.0714. The molecule has 2 aromatic rings. The topological polar surface area (TPSA) is 30.0 Å². The SMILES string of the molecule is CSC(=S)c1cccnc1-c1ccccc1[C]=O. The number of pyridine rings is 1. The van der Waals surface area contributed by atoms with Gasteiger partial charge in [0.05, 0.1) is 9.89 Å². The summed E-state index contributed by atoms with van der Waals surface area (Å²) in [4.78, 5) is 15.3. The predicted molar refractivity (Wildman–Crippen MR) is 79.7 cm³/mol. The van der Waals surface area contributed by atoms with Crippen molar-refractivity contribution in [3.63, 3.8) is 0 Å². The van der Waals surface area contributed by atoms with Gasteiger partial charge in [0.25, 0.3) is 0 Å². The Morgan fingerprint density at radius 3 is 2.78 bits per heavy atom. The molecule has 0 saturated carbocycles. The first-order chi connectivity index (χ1) is 8.77. The fourth-order valence-electron chi connectivity index (χ4n) is 1.67. The van der Waals surface area contributed by atoms with Crippen molar-refractivity contribution < 1.29 is 4.79 Å². The molecule has 0 aliphatic heterocycles. The number of benzene rings is 1. The molecule has 1 heterocycles. The van der Waals surface area contributed by atoms with Crippen LogP contribution in [0.25, 0.3) is 11.3 Å². The Hall–Kier alpha value is -1.52. The van der Waals surface area contributed by atoms with E-state index in [1.54, 1.807) is 18.3 Å². The highest BCUT2D eigenvalue weighted by Crippen LogP contribution is 2.26. The van der Waals surface area contributed by atoms with E-state index in [-0.39, 0.29) is 0 Å². The molecule has 0 aliphatic rings. The smallest absolute Gasteiger partial charge is 0.234 e. The molecule has 18 heavy (non-hydrogen) atoms. The van der Waals surface area contributed by atoms with Crippen LogP contribution >= 0.6 is 24.0 Å². The fourth-order valence-corrected chi connectivity index (χ4v) is 2.22. The van der Waals surface area contributed by atoms with Gasteiger partial charge in [0.2, 0.25) is 6.29 Å². The van der Waals surface area contributed by atoms with E-state index in [0.717, 1.165) is 21.0 Å². The third-order valence-electron chi connectivity index (χ3n) is 2.51. The van der Waals surface area contributed by atoms with Crippen LogP contribution in [-0.4, -0.2) is 21.7 Å². The van der Waals surface area contributed by atoms with Gasteiger partial charge in [0.15, 0.2) is 0 Å². The Kier molecular flexibility index (Phi) is 4.23. The number of hydrogen-bond acceptors (Lipinski definition) is 4. The normalized spacial score (nSPS) is 10.1.